The Morgan fingerprint density at radius 1 is 1.06 bits per heavy atom. The van der Waals surface area contributed by atoms with Gasteiger partial charge in [-0.15, -0.1) is 0 Å². The number of rotatable bonds is 7. The van der Waals surface area contributed by atoms with Crippen LogP contribution in [0.4, 0.5) is 0 Å². The van der Waals surface area contributed by atoms with Crippen molar-refractivity contribution in [3.05, 3.63) is 100 Å². The minimum absolute atomic E-state index is 0.276. The molecule has 4 rings (SSSR count). The van der Waals surface area contributed by atoms with Crippen molar-refractivity contribution in [2.75, 3.05) is 6.61 Å². The summed E-state index contributed by atoms with van der Waals surface area (Å²) < 4.78 is 7.63. The highest BCUT2D eigenvalue weighted by Gasteiger charge is 2.14. The number of hydrogen-bond acceptors (Lipinski definition) is 3. The number of carbonyl (C=O) groups is 1. The van der Waals surface area contributed by atoms with Gasteiger partial charge in [0.05, 0.1) is 12.8 Å². The molecule has 0 saturated carbocycles. The van der Waals surface area contributed by atoms with Gasteiger partial charge < -0.3 is 9.30 Å². The number of hydrogen-bond donors (Lipinski definition) is 1. The van der Waals surface area contributed by atoms with Gasteiger partial charge in [0.2, 0.25) is 0 Å². The van der Waals surface area contributed by atoms with E-state index in [1.54, 1.807) is 30.5 Å². The van der Waals surface area contributed by atoms with E-state index in [2.05, 4.69) is 27.2 Å². The molecular formula is C26H24ClN3O2. The highest BCUT2D eigenvalue weighted by molar-refractivity contribution is 6.31. The predicted molar refractivity (Wildman–Crippen MR) is 130 cm³/mol. The molecule has 0 atom stereocenters. The largest absolute Gasteiger partial charge is 0.494 e. The van der Waals surface area contributed by atoms with Gasteiger partial charge in [-0.1, -0.05) is 48.0 Å². The number of nitrogens with zero attached hydrogens (tertiary/aromatic N) is 2. The Labute approximate surface area is 192 Å². The van der Waals surface area contributed by atoms with Crippen LogP contribution in [0.2, 0.25) is 5.02 Å². The summed E-state index contributed by atoms with van der Waals surface area (Å²) in [6, 6.07) is 23.0. The number of para-hydroxylation sites is 1. The Bertz CT molecular complexity index is 1280. The summed E-state index contributed by atoms with van der Waals surface area (Å²) in [6.45, 7) is 5.20. The van der Waals surface area contributed by atoms with Crippen molar-refractivity contribution in [2.45, 2.75) is 20.4 Å². The monoisotopic (exact) mass is 445 g/mol. The fourth-order valence-electron chi connectivity index (χ4n) is 3.71. The molecule has 0 aliphatic carbocycles. The summed E-state index contributed by atoms with van der Waals surface area (Å²) in [6.07, 6.45) is 1.70. The third-order valence-electron chi connectivity index (χ3n) is 5.35. The zero-order valence-electron chi connectivity index (χ0n) is 18.0. The lowest BCUT2D eigenvalue weighted by Gasteiger charge is -2.10. The molecule has 0 unspecified atom stereocenters. The van der Waals surface area contributed by atoms with E-state index in [0.717, 1.165) is 38.5 Å². The van der Waals surface area contributed by atoms with Crippen LogP contribution in [0.1, 0.15) is 34.1 Å². The Kier molecular flexibility index (Phi) is 6.57. The first-order valence-corrected chi connectivity index (χ1v) is 10.8. The van der Waals surface area contributed by atoms with E-state index in [9.17, 15) is 4.79 Å². The molecule has 0 bridgehead atoms. The van der Waals surface area contributed by atoms with Crippen molar-refractivity contribution in [3.63, 3.8) is 0 Å². The van der Waals surface area contributed by atoms with Gasteiger partial charge in [0.25, 0.3) is 5.91 Å². The van der Waals surface area contributed by atoms with Crippen LogP contribution in [0, 0.1) is 6.92 Å². The van der Waals surface area contributed by atoms with Crippen molar-refractivity contribution in [2.24, 2.45) is 5.10 Å². The van der Waals surface area contributed by atoms with Crippen molar-refractivity contribution < 1.29 is 9.53 Å². The number of ether oxygens (including phenoxy) is 1. The molecular weight excluding hydrogens is 422 g/mol. The molecule has 32 heavy (non-hydrogen) atoms. The molecule has 162 valence electrons. The Morgan fingerprint density at radius 2 is 1.78 bits per heavy atom. The summed E-state index contributed by atoms with van der Waals surface area (Å²) in [5.74, 6) is 0.455. The van der Waals surface area contributed by atoms with E-state index in [4.69, 9.17) is 16.3 Å². The maximum atomic E-state index is 12.5. The van der Waals surface area contributed by atoms with E-state index in [1.807, 2.05) is 50.2 Å². The van der Waals surface area contributed by atoms with E-state index in [0.29, 0.717) is 18.7 Å². The number of benzene rings is 3. The first-order valence-electron chi connectivity index (χ1n) is 10.5. The van der Waals surface area contributed by atoms with E-state index in [-0.39, 0.29) is 5.91 Å². The van der Waals surface area contributed by atoms with Crippen LogP contribution < -0.4 is 10.2 Å². The molecule has 0 fully saturated rings. The van der Waals surface area contributed by atoms with Crippen LogP contribution in [-0.2, 0) is 6.54 Å². The molecule has 0 spiro atoms. The second-order valence-electron chi connectivity index (χ2n) is 7.35. The van der Waals surface area contributed by atoms with Crippen LogP contribution in [0.15, 0.2) is 77.9 Å². The molecule has 3 aromatic carbocycles. The summed E-state index contributed by atoms with van der Waals surface area (Å²) in [5.41, 5.74) is 7.27. The van der Waals surface area contributed by atoms with Crippen molar-refractivity contribution in [3.8, 4) is 5.75 Å². The molecule has 1 amide bonds. The topological polar surface area (TPSA) is 55.6 Å². The van der Waals surface area contributed by atoms with Crippen molar-refractivity contribution >= 4 is 34.6 Å². The molecule has 6 heteroatoms. The SMILES string of the molecule is CCOc1ccc(C(=O)N/N=C/c2c(C)n(Cc3ccccc3Cl)c3ccccc23)cc1. The first kappa shape index (κ1) is 21.7. The summed E-state index contributed by atoms with van der Waals surface area (Å²) in [4.78, 5) is 12.5. The first-order chi connectivity index (χ1) is 15.6. The lowest BCUT2D eigenvalue weighted by Crippen LogP contribution is -2.17. The quantitative estimate of drug-likeness (QED) is 0.288. The average Bonchev–Trinajstić information content (AvgIpc) is 3.07. The highest BCUT2D eigenvalue weighted by Crippen LogP contribution is 2.27. The summed E-state index contributed by atoms with van der Waals surface area (Å²) in [7, 11) is 0. The molecule has 5 nitrogen and oxygen atoms in total. The van der Waals surface area contributed by atoms with Gasteiger partial charge in [-0.2, -0.15) is 5.10 Å². The fourth-order valence-corrected chi connectivity index (χ4v) is 3.91. The normalized spacial score (nSPS) is 11.2. The van der Waals surface area contributed by atoms with Gasteiger partial charge in [-0.25, -0.2) is 5.43 Å². The molecule has 0 aliphatic heterocycles. The number of amides is 1. The maximum Gasteiger partial charge on any atom is 0.271 e. The zero-order chi connectivity index (χ0) is 22.5. The van der Waals surface area contributed by atoms with Crippen molar-refractivity contribution in [1.29, 1.82) is 0 Å². The van der Waals surface area contributed by atoms with Crippen LogP contribution in [0.5, 0.6) is 5.75 Å². The van der Waals surface area contributed by atoms with Crippen LogP contribution in [0.25, 0.3) is 10.9 Å². The van der Waals surface area contributed by atoms with Gasteiger partial charge in [-0.05, 0) is 55.8 Å². The Morgan fingerprint density at radius 3 is 2.53 bits per heavy atom. The number of carbonyl (C=O) groups excluding carboxylic acids is 1. The number of nitrogens with one attached hydrogen (secondary N) is 1. The molecule has 0 saturated heterocycles. The van der Waals surface area contributed by atoms with Gasteiger partial charge in [0, 0.05) is 39.3 Å². The standard InChI is InChI=1S/C26H24ClN3O2/c1-3-32-21-14-12-19(13-15-21)26(31)29-28-16-23-18(2)30(25-11-7-5-9-22(23)25)17-20-8-4-6-10-24(20)27/h4-16H,3,17H2,1-2H3,(H,29,31)/b28-16+. The van der Waals surface area contributed by atoms with Gasteiger partial charge in [-0.3, -0.25) is 4.79 Å². The Hall–Kier alpha value is -3.57. The number of fused-ring (bicyclic) bond motifs is 1. The van der Waals surface area contributed by atoms with Gasteiger partial charge >= 0.3 is 0 Å². The lowest BCUT2D eigenvalue weighted by molar-refractivity contribution is 0.0955. The summed E-state index contributed by atoms with van der Waals surface area (Å²) >= 11 is 6.39. The average molecular weight is 446 g/mol. The molecule has 4 aromatic rings. The second kappa shape index (κ2) is 9.71. The van der Waals surface area contributed by atoms with Crippen LogP contribution in [0.3, 0.4) is 0 Å². The molecule has 1 heterocycles. The molecule has 0 radical (unpaired) electrons. The van der Waals surface area contributed by atoms with Gasteiger partial charge in [0.1, 0.15) is 5.75 Å². The minimum atomic E-state index is -0.276. The second-order valence-corrected chi connectivity index (χ2v) is 7.76. The van der Waals surface area contributed by atoms with E-state index in [1.165, 1.54) is 0 Å². The summed E-state index contributed by atoms with van der Waals surface area (Å²) in [5, 5.41) is 6.03. The van der Waals surface area contributed by atoms with Crippen molar-refractivity contribution in [1.82, 2.24) is 9.99 Å². The highest BCUT2D eigenvalue weighted by atomic mass is 35.5. The van der Waals surface area contributed by atoms with E-state index >= 15 is 0 Å². The number of aromatic nitrogens is 1. The number of hydrazone groups is 1. The third kappa shape index (κ3) is 4.53. The molecule has 0 aliphatic rings. The zero-order valence-corrected chi connectivity index (χ0v) is 18.8. The third-order valence-corrected chi connectivity index (χ3v) is 5.72. The van der Waals surface area contributed by atoms with Crippen LogP contribution in [-0.4, -0.2) is 23.3 Å². The molecule has 1 aromatic heterocycles. The van der Waals surface area contributed by atoms with Gasteiger partial charge in [0.15, 0.2) is 0 Å². The maximum absolute atomic E-state index is 12.5. The minimum Gasteiger partial charge on any atom is -0.494 e. The molecule has 1 N–H and O–H groups in total. The number of halogens is 1. The Balaban J connectivity index is 1.58. The fraction of sp³-hybridized carbons (Fsp3) is 0.154. The van der Waals surface area contributed by atoms with Crippen LogP contribution >= 0.6 is 11.6 Å². The predicted octanol–water partition coefficient (Wildman–Crippen LogP) is 5.81. The smallest absolute Gasteiger partial charge is 0.271 e. The lowest BCUT2D eigenvalue weighted by atomic mass is 10.1. The van der Waals surface area contributed by atoms with E-state index < -0.39 is 0 Å².